The molecule has 12 heavy (non-hydrogen) atoms. The van der Waals surface area contributed by atoms with Gasteiger partial charge in [0.15, 0.2) is 0 Å². The van der Waals surface area contributed by atoms with Gasteiger partial charge in [-0.05, 0) is 12.5 Å². The van der Waals surface area contributed by atoms with E-state index in [-0.39, 0.29) is 24.4 Å². The minimum absolute atomic E-state index is 0.0594. The number of hydrogen-bond acceptors (Lipinski definition) is 3. The van der Waals surface area contributed by atoms with Gasteiger partial charge in [0, 0.05) is 0 Å². The average molecular weight is 191 g/mol. The van der Waals surface area contributed by atoms with Gasteiger partial charge in [0.05, 0.1) is 11.5 Å². The Kier molecular flexibility index (Phi) is 2.12. The van der Waals surface area contributed by atoms with Crippen LogP contribution in [0.25, 0.3) is 0 Å². The monoisotopic (exact) mass is 190 g/mol. The number of hydrogen-bond donors (Lipinski definition) is 1. The minimum atomic E-state index is -0.616. The summed E-state index contributed by atoms with van der Waals surface area (Å²) in [6.45, 7) is 2.19. The summed E-state index contributed by atoms with van der Waals surface area (Å²) in [7, 11) is 0. The summed E-state index contributed by atoms with van der Waals surface area (Å²) < 4.78 is 10.6. The second-order valence-corrected chi connectivity index (χ2v) is 3.69. The van der Waals surface area contributed by atoms with Crippen molar-refractivity contribution in [2.75, 3.05) is 6.79 Å². The molecule has 0 amide bonds. The van der Waals surface area contributed by atoms with Gasteiger partial charge in [-0.3, -0.25) is 0 Å². The van der Waals surface area contributed by atoms with Crippen molar-refractivity contribution in [1.29, 1.82) is 0 Å². The summed E-state index contributed by atoms with van der Waals surface area (Å²) in [6.07, 6.45) is 0.866. The molecule has 1 saturated heterocycles. The lowest BCUT2D eigenvalue weighted by Gasteiger charge is -2.29. The first kappa shape index (κ1) is 8.51. The van der Waals surface area contributed by atoms with Crippen molar-refractivity contribution in [3.8, 4) is 0 Å². The second-order valence-electron chi connectivity index (χ2n) is 3.18. The maximum absolute atomic E-state index is 9.45. The summed E-state index contributed by atoms with van der Waals surface area (Å²) in [4.78, 5) is 0. The molecule has 1 N–H and O–H groups in total. The molecule has 1 aliphatic carbocycles. The van der Waals surface area contributed by atoms with E-state index in [0.29, 0.717) is 0 Å². The van der Waals surface area contributed by atoms with Gasteiger partial charge in [-0.2, -0.15) is 0 Å². The Morgan fingerprint density at radius 3 is 3.08 bits per heavy atom. The number of aliphatic hydroxyl groups is 1. The van der Waals surface area contributed by atoms with Crippen LogP contribution in [0, 0.1) is 0 Å². The zero-order valence-corrected chi connectivity index (χ0v) is 7.49. The number of aliphatic hydroxyl groups excluding tert-OH is 1. The fraction of sp³-hybridized carbons (Fsp3) is 0.750. The predicted molar refractivity (Wildman–Crippen MR) is 44.0 cm³/mol. The average Bonchev–Trinajstić information content (AvgIpc) is 2.48. The number of fused-ring (bicyclic) bond motifs is 1. The van der Waals surface area contributed by atoms with Gasteiger partial charge in [0.25, 0.3) is 0 Å². The van der Waals surface area contributed by atoms with E-state index in [0.717, 1.165) is 5.57 Å². The van der Waals surface area contributed by atoms with E-state index in [4.69, 9.17) is 21.1 Å². The van der Waals surface area contributed by atoms with Gasteiger partial charge in [0.1, 0.15) is 19.0 Å². The molecule has 0 aromatic carbocycles. The van der Waals surface area contributed by atoms with E-state index in [1.54, 1.807) is 6.08 Å². The molecule has 3 nitrogen and oxygen atoms in total. The molecule has 68 valence electrons. The Hall–Kier alpha value is -0.0900. The molecule has 1 fully saturated rings. The summed E-state index contributed by atoms with van der Waals surface area (Å²) >= 11 is 5.93. The van der Waals surface area contributed by atoms with Crippen LogP contribution in [0.3, 0.4) is 0 Å². The maximum atomic E-state index is 9.45. The standard InChI is InChI=1S/C8H11ClO3/c1-4-2-5(10)6(9)8-7(4)11-3-12-8/h2,5-8,10H,3H2,1H3/t5-,6+,7+,8-/m0/s1. The highest BCUT2D eigenvalue weighted by molar-refractivity contribution is 6.21. The van der Waals surface area contributed by atoms with Crippen LogP contribution < -0.4 is 0 Å². The minimum Gasteiger partial charge on any atom is -0.387 e. The Morgan fingerprint density at radius 2 is 2.33 bits per heavy atom. The molecule has 0 saturated carbocycles. The topological polar surface area (TPSA) is 38.7 Å². The third kappa shape index (κ3) is 1.17. The molecule has 0 aromatic heterocycles. The smallest absolute Gasteiger partial charge is 0.148 e. The molecule has 1 heterocycles. The summed E-state index contributed by atoms with van der Waals surface area (Å²) in [6, 6.07) is 0. The highest BCUT2D eigenvalue weighted by Crippen LogP contribution is 2.31. The molecular formula is C8H11ClO3. The van der Waals surface area contributed by atoms with Crippen LogP contribution in [-0.2, 0) is 9.47 Å². The van der Waals surface area contributed by atoms with Gasteiger partial charge in [0.2, 0.25) is 0 Å². The van der Waals surface area contributed by atoms with Crippen LogP contribution in [0.2, 0.25) is 0 Å². The van der Waals surface area contributed by atoms with E-state index < -0.39 is 6.10 Å². The molecule has 1 aliphatic heterocycles. The highest BCUT2D eigenvalue weighted by Gasteiger charge is 2.42. The van der Waals surface area contributed by atoms with E-state index in [1.165, 1.54) is 0 Å². The van der Waals surface area contributed by atoms with Crippen LogP contribution >= 0.6 is 11.6 Å². The van der Waals surface area contributed by atoms with E-state index in [1.807, 2.05) is 6.92 Å². The molecule has 0 unspecified atom stereocenters. The molecule has 0 aromatic rings. The van der Waals surface area contributed by atoms with Gasteiger partial charge in [-0.15, -0.1) is 11.6 Å². The zero-order chi connectivity index (χ0) is 8.72. The first-order chi connectivity index (χ1) is 5.70. The lowest BCUT2D eigenvalue weighted by Crippen LogP contribution is -2.43. The highest BCUT2D eigenvalue weighted by atomic mass is 35.5. The summed E-state index contributed by atoms with van der Waals surface area (Å²) in [5, 5.41) is 9.06. The fourth-order valence-electron chi connectivity index (χ4n) is 1.67. The van der Waals surface area contributed by atoms with Crippen molar-refractivity contribution in [3.05, 3.63) is 11.6 Å². The van der Waals surface area contributed by atoms with Crippen LogP contribution in [-0.4, -0.2) is 35.6 Å². The third-order valence-electron chi connectivity index (χ3n) is 2.33. The van der Waals surface area contributed by atoms with Crippen LogP contribution in [0.4, 0.5) is 0 Å². The van der Waals surface area contributed by atoms with Crippen molar-refractivity contribution < 1.29 is 14.6 Å². The number of ether oxygens (including phenoxy) is 2. The van der Waals surface area contributed by atoms with E-state index in [9.17, 15) is 5.11 Å². The third-order valence-corrected chi connectivity index (χ3v) is 2.84. The molecule has 2 rings (SSSR count). The second kappa shape index (κ2) is 3.00. The molecular weight excluding hydrogens is 180 g/mol. The number of rotatable bonds is 0. The molecule has 0 radical (unpaired) electrons. The van der Waals surface area contributed by atoms with Crippen molar-refractivity contribution in [3.63, 3.8) is 0 Å². The summed E-state index contributed by atoms with van der Waals surface area (Å²) in [5.74, 6) is 0. The largest absolute Gasteiger partial charge is 0.387 e. The summed E-state index contributed by atoms with van der Waals surface area (Å²) in [5.41, 5.74) is 1.00. The zero-order valence-electron chi connectivity index (χ0n) is 6.74. The molecule has 4 heteroatoms. The Morgan fingerprint density at radius 1 is 1.58 bits per heavy atom. The van der Waals surface area contributed by atoms with Gasteiger partial charge in [-0.1, -0.05) is 6.08 Å². The SMILES string of the molecule is CC1=C[C@H](O)[C@@H](Cl)[C@@H]2OCO[C@H]12. The normalized spacial score (nSPS) is 47.1. The Balaban J connectivity index is 2.25. The molecule has 2 aliphatic rings. The first-order valence-electron chi connectivity index (χ1n) is 3.94. The van der Waals surface area contributed by atoms with Crippen molar-refractivity contribution in [2.24, 2.45) is 0 Å². The number of alkyl halides is 1. The van der Waals surface area contributed by atoms with Crippen molar-refractivity contribution in [2.45, 2.75) is 30.6 Å². The molecule has 0 spiro atoms. The van der Waals surface area contributed by atoms with E-state index >= 15 is 0 Å². The van der Waals surface area contributed by atoms with Crippen LogP contribution in [0.15, 0.2) is 11.6 Å². The van der Waals surface area contributed by atoms with Gasteiger partial charge in [-0.25, -0.2) is 0 Å². The predicted octanol–water partition coefficient (Wildman–Crippen LogP) is 0.656. The van der Waals surface area contributed by atoms with Gasteiger partial charge < -0.3 is 14.6 Å². The Labute approximate surface area is 75.9 Å². The lowest BCUT2D eigenvalue weighted by molar-refractivity contribution is 0.0356. The maximum Gasteiger partial charge on any atom is 0.148 e. The van der Waals surface area contributed by atoms with Crippen LogP contribution in [0.5, 0.6) is 0 Å². The van der Waals surface area contributed by atoms with Crippen molar-refractivity contribution in [1.82, 2.24) is 0 Å². The molecule has 0 bridgehead atoms. The Bertz CT molecular complexity index is 216. The van der Waals surface area contributed by atoms with E-state index in [2.05, 4.69) is 0 Å². The first-order valence-corrected chi connectivity index (χ1v) is 4.37. The fourth-order valence-corrected chi connectivity index (χ4v) is 1.95. The lowest BCUT2D eigenvalue weighted by atomic mass is 9.93. The molecule has 4 atom stereocenters. The quantitative estimate of drug-likeness (QED) is 0.451. The van der Waals surface area contributed by atoms with Gasteiger partial charge >= 0.3 is 0 Å². The number of halogens is 1. The van der Waals surface area contributed by atoms with Crippen molar-refractivity contribution >= 4 is 11.6 Å². The van der Waals surface area contributed by atoms with Crippen LogP contribution in [0.1, 0.15) is 6.92 Å².